The first kappa shape index (κ1) is 25.0. The molecule has 0 bridgehead atoms. The van der Waals surface area contributed by atoms with E-state index in [1.165, 1.54) is 22.5 Å². The zero-order valence-corrected chi connectivity index (χ0v) is 21.3. The molecule has 0 unspecified atom stereocenters. The highest BCUT2D eigenvalue weighted by molar-refractivity contribution is 5.94. The van der Waals surface area contributed by atoms with Gasteiger partial charge in [0.25, 0.3) is 5.91 Å². The summed E-state index contributed by atoms with van der Waals surface area (Å²) in [6.07, 6.45) is 0. The molecule has 0 aliphatic carbocycles. The fourth-order valence-corrected chi connectivity index (χ4v) is 5.04. The van der Waals surface area contributed by atoms with E-state index < -0.39 is 0 Å². The molecular weight excluding hydrogens is 432 g/mol. The Morgan fingerprint density at radius 1 is 0.800 bits per heavy atom. The molecule has 5 heteroatoms. The fourth-order valence-electron chi connectivity index (χ4n) is 5.04. The number of para-hydroxylation sites is 1. The Hall–Kier alpha value is -3.15. The molecule has 3 aromatic carbocycles. The van der Waals surface area contributed by atoms with E-state index in [0.717, 1.165) is 51.4 Å². The van der Waals surface area contributed by atoms with Gasteiger partial charge in [0.05, 0.1) is 6.04 Å². The van der Waals surface area contributed by atoms with Crippen LogP contribution in [0.1, 0.15) is 48.3 Å². The molecule has 0 aromatic heterocycles. The van der Waals surface area contributed by atoms with Crippen molar-refractivity contribution >= 4 is 17.3 Å². The molecule has 1 saturated heterocycles. The van der Waals surface area contributed by atoms with Crippen LogP contribution in [-0.2, 0) is 0 Å². The number of benzene rings is 3. The maximum atomic E-state index is 12.8. The molecule has 35 heavy (non-hydrogen) atoms. The van der Waals surface area contributed by atoms with Crippen LogP contribution in [0.15, 0.2) is 78.9 Å². The summed E-state index contributed by atoms with van der Waals surface area (Å²) in [4.78, 5) is 19.6. The molecule has 0 radical (unpaired) electrons. The van der Waals surface area contributed by atoms with Crippen LogP contribution < -0.4 is 10.2 Å². The predicted molar refractivity (Wildman–Crippen MR) is 146 cm³/mol. The topological polar surface area (TPSA) is 38.8 Å². The van der Waals surface area contributed by atoms with E-state index in [0.29, 0.717) is 0 Å². The van der Waals surface area contributed by atoms with Crippen LogP contribution in [0.3, 0.4) is 0 Å². The summed E-state index contributed by atoms with van der Waals surface area (Å²) in [6, 6.07) is 27.9. The number of hydrogen-bond acceptors (Lipinski definition) is 4. The number of anilines is 2. The molecule has 1 atom stereocenters. The minimum absolute atomic E-state index is 0.101. The van der Waals surface area contributed by atoms with Gasteiger partial charge >= 0.3 is 0 Å². The highest BCUT2D eigenvalue weighted by Crippen LogP contribution is 2.33. The number of piperazine rings is 1. The van der Waals surface area contributed by atoms with Crippen LogP contribution in [-0.4, -0.2) is 61.5 Å². The van der Waals surface area contributed by atoms with Gasteiger partial charge in [0, 0.05) is 62.8 Å². The third-order valence-electron chi connectivity index (χ3n) is 6.92. The summed E-state index contributed by atoms with van der Waals surface area (Å²) < 4.78 is 0. The van der Waals surface area contributed by atoms with Crippen molar-refractivity contribution in [2.75, 3.05) is 50.7 Å². The molecule has 1 N–H and O–H groups in total. The monoisotopic (exact) mass is 470 g/mol. The molecule has 1 fully saturated rings. The Balaban J connectivity index is 1.69. The number of carbonyl (C=O) groups excluding carboxylic acids is 1. The summed E-state index contributed by atoms with van der Waals surface area (Å²) >= 11 is 0. The summed E-state index contributed by atoms with van der Waals surface area (Å²) in [5, 5.41) is 3.48. The molecule has 3 aromatic rings. The molecule has 1 heterocycles. The Bertz CT molecular complexity index is 1070. The summed E-state index contributed by atoms with van der Waals surface area (Å²) in [6.45, 7) is 12.5. The van der Waals surface area contributed by atoms with Crippen LogP contribution in [0.4, 0.5) is 11.4 Å². The van der Waals surface area contributed by atoms with Crippen molar-refractivity contribution in [1.29, 1.82) is 0 Å². The first-order valence-electron chi connectivity index (χ1n) is 12.9. The van der Waals surface area contributed by atoms with Crippen molar-refractivity contribution in [3.63, 3.8) is 0 Å². The fraction of sp³-hybridized carbons (Fsp3) is 0.367. The van der Waals surface area contributed by atoms with Gasteiger partial charge in [0.2, 0.25) is 0 Å². The molecular formula is C30H38N4O. The molecule has 184 valence electrons. The van der Waals surface area contributed by atoms with Crippen molar-refractivity contribution in [2.45, 2.75) is 26.8 Å². The lowest BCUT2D eigenvalue weighted by Crippen LogP contribution is -2.45. The van der Waals surface area contributed by atoms with Crippen molar-refractivity contribution in [2.24, 2.45) is 0 Å². The van der Waals surface area contributed by atoms with Gasteiger partial charge in [-0.3, -0.25) is 9.69 Å². The third-order valence-corrected chi connectivity index (χ3v) is 6.92. The lowest BCUT2D eigenvalue weighted by molar-refractivity contribution is 0.0773. The quantitative estimate of drug-likeness (QED) is 0.459. The normalized spacial score (nSPS) is 14.9. The van der Waals surface area contributed by atoms with E-state index >= 15 is 0 Å². The first-order valence-corrected chi connectivity index (χ1v) is 12.9. The summed E-state index contributed by atoms with van der Waals surface area (Å²) in [5.74, 6) is 0.101. The average Bonchev–Trinajstić information content (AvgIpc) is 2.92. The maximum absolute atomic E-state index is 12.8. The van der Waals surface area contributed by atoms with Crippen molar-refractivity contribution in [1.82, 2.24) is 15.1 Å². The van der Waals surface area contributed by atoms with E-state index in [9.17, 15) is 4.79 Å². The van der Waals surface area contributed by atoms with Gasteiger partial charge in [-0.1, -0.05) is 42.5 Å². The van der Waals surface area contributed by atoms with Gasteiger partial charge in [-0.15, -0.1) is 0 Å². The van der Waals surface area contributed by atoms with Crippen LogP contribution in [0, 0.1) is 0 Å². The highest BCUT2D eigenvalue weighted by Gasteiger charge is 2.25. The second-order valence-electron chi connectivity index (χ2n) is 8.96. The molecule has 1 aliphatic rings. The molecule has 5 nitrogen and oxygen atoms in total. The smallest absolute Gasteiger partial charge is 0.253 e. The van der Waals surface area contributed by atoms with Crippen molar-refractivity contribution in [3.05, 3.63) is 95.6 Å². The first-order chi connectivity index (χ1) is 17.2. The summed E-state index contributed by atoms with van der Waals surface area (Å²) in [5.41, 5.74) is 5.66. The van der Waals surface area contributed by atoms with Gasteiger partial charge in [0.1, 0.15) is 0 Å². The predicted octanol–water partition coefficient (Wildman–Crippen LogP) is 5.32. The Labute approximate surface area is 210 Å². The Morgan fingerprint density at radius 3 is 2.09 bits per heavy atom. The van der Waals surface area contributed by atoms with Crippen molar-refractivity contribution in [3.8, 4) is 0 Å². The van der Waals surface area contributed by atoms with Gasteiger partial charge in [-0.2, -0.15) is 0 Å². The van der Waals surface area contributed by atoms with E-state index in [-0.39, 0.29) is 11.9 Å². The van der Waals surface area contributed by atoms with Gasteiger partial charge in [-0.05, 0) is 68.3 Å². The Morgan fingerprint density at radius 2 is 1.46 bits per heavy atom. The van der Waals surface area contributed by atoms with Crippen LogP contribution in [0.25, 0.3) is 0 Å². The second-order valence-corrected chi connectivity index (χ2v) is 8.96. The zero-order valence-electron chi connectivity index (χ0n) is 21.3. The highest BCUT2D eigenvalue weighted by atomic mass is 16.2. The van der Waals surface area contributed by atoms with E-state index in [1.54, 1.807) is 0 Å². The largest absolute Gasteiger partial charge is 0.342 e. The second kappa shape index (κ2) is 12.0. The van der Waals surface area contributed by atoms with E-state index in [1.807, 2.05) is 30.9 Å². The van der Waals surface area contributed by atoms with Crippen molar-refractivity contribution < 1.29 is 4.79 Å². The van der Waals surface area contributed by atoms with Crippen LogP contribution >= 0.6 is 0 Å². The third kappa shape index (κ3) is 5.75. The lowest BCUT2D eigenvalue weighted by Gasteiger charge is -2.36. The van der Waals surface area contributed by atoms with Gasteiger partial charge in [0.15, 0.2) is 0 Å². The molecule has 1 amide bonds. The average molecular weight is 471 g/mol. The van der Waals surface area contributed by atoms with E-state index in [2.05, 4.69) is 88.8 Å². The van der Waals surface area contributed by atoms with Gasteiger partial charge in [-0.25, -0.2) is 0 Å². The lowest BCUT2D eigenvalue weighted by atomic mass is 9.94. The molecule has 4 rings (SSSR count). The molecule has 0 spiro atoms. The minimum Gasteiger partial charge on any atom is -0.342 e. The van der Waals surface area contributed by atoms with Crippen LogP contribution in [0.2, 0.25) is 0 Å². The maximum Gasteiger partial charge on any atom is 0.253 e. The number of carbonyl (C=O) groups is 1. The SMILES string of the molecule is CCN(CC)C(=O)c1ccc([C@@H](c2cccc(N(CC)c3ccccc3)c2)N2CCNCC2)cc1. The zero-order chi connectivity index (χ0) is 24.6. The number of amides is 1. The standard InChI is InChI=1S/C30H38N4O/c1-4-32(5-2)30(35)25-17-15-24(16-18-25)29(33-21-19-31-20-22-33)26-11-10-14-28(23-26)34(6-3)27-12-8-7-9-13-27/h7-18,23,29,31H,4-6,19-22H2,1-3H3/t29-/m0/s1. The Kier molecular flexibility index (Phi) is 8.56. The minimum atomic E-state index is 0.101. The number of rotatable bonds is 9. The number of nitrogens with zero attached hydrogens (tertiary/aromatic N) is 3. The van der Waals surface area contributed by atoms with Crippen LogP contribution in [0.5, 0.6) is 0 Å². The summed E-state index contributed by atoms with van der Waals surface area (Å²) in [7, 11) is 0. The number of hydrogen-bond donors (Lipinski definition) is 1. The number of nitrogens with one attached hydrogen (secondary N) is 1. The van der Waals surface area contributed by atoms with Gasteiger partial charge < -0.3 is 15.1 Å². The molecule has 0 saturated carbocycles. The molecule has 1 aliphatic heterocycles. The van der Waals surface area contributed by atoms with E-state index in [4.69, 9.17) is 0 Å².